The molecule has 0 aliphatic carbocycles. The Morgan fingerprint density at radius 2 is 2.26 bits per heavy atom. The minimum Gasteiger partial charge on any atom is -0.383 e. The molecule has 2 N–H and O–H groups in total. The van der Waals surface area contributed by atoms with Crippen molar-refractivity contribution in [3.63, 3.8) is 0 Å². The van der Waals surface area contributed by atoms with E-state index >= 15 is 0 Å². The van der Waals surface area contributed by atoms with E-state index in [2.05, 4.69) is 28.7 Å². The summed E-state index contributed by atoms with van der Waals surface area (Å²) in [6.07, 6.45) is 2.59. The van der Waals surface area contributed by atoms with Crippen molar-refractivity contribution < 1.29 is 0 Å². The van der Waals surface area contributed by atoms with E-state index in [1.807, 2.05) is 11.4 Å². The molecule has 2 atom stereocenters. The average Bonchev–Trinajstić information content (AvgIpc) is 2.84. The zero-order valence-electron chi connectivity index (χ0n) is 11.5. The van der Waals surface area contributed by atoms with Gasteiger partial charge in [-0.3, -0.25) is 4.90 Å². The SMILES string of the molecule is CC1CCCN(Cc2nc(N)c3ccsc3n2)C1C. The first-order chi connectivity index (χ1) is 9.15. The van der Waals surface area contributed by atoms with Gasteiger partial charge in [0, 0.05) is 6.04 Å². The number of thiophene rings is 1. The Hall–Kier alpha value is -1.20. The number of fused-ring (bicyclic) bond motifs is 1. The van der Waals surface area contributed by atoms with E-state index in [1.54, 1.807) is 11.3 Å². The molecule has 0 aromatic carbocycles. The summed E-state index contributed by atoms with van der Waals surface area (Å²) < 4.78 is 0. The van der Waals surface area contributed by atoms with Crippen LogP contribution in [0.3, 0.4) is 0 Å². The topological polar surface area (TPSA) is 55.0 Å². The number of hydrogen-bond acceptors (Lipinski definition) is 5. The van der Waals surface area contributed by atoms with Gasteiger partial charge in [0.1, 0.15) is 16.5 Å². The number of piperidine rings is 1. The summed E-state index contributed by atoms with van der Waals surface area (Å²) >= 11 is 1.63. The van der Waals surface area contributed by atoms with E-state index in [9.17, 15) is 0 Å². The van der Waals surface area contributed by atoms with E-state index in [0.29, 0.717) is 11.9 Å². The van der Waals surface area contributed by atoms with Crippen molar-refractivity contribution in [3.8, 4) is 0 Å². The number of aromatic nitrogens is 2. The molecule has 2 unspecified atom stereocenters. The molecular weight excluding hydrogens is 256 g/mol. The summed E-state index contributed by atoms with van der Waals surface area (Å²) in [7, 11) is 0. The highest BCUT2D eigenvalue weighted by Crippen LogP contribution is 2.26. The zero-order valence-corrected chi connectivity index (χ0v) is 12.3. The Kier molecular flexibility index (Phi) is 3.41. The van der Waals surface area contributed by atoms with Gasteiger partial charge in [-0.25, -0.2) is 9.97 Å². The van der Waals surface area contributed by atoms with Gasteiger partial charge in [0.15, 0.2) is 0 Å². The lowest BCUT2D eigenvalue weighted by molar-refractivity contribution is 0.104. The molecule has 102 valence electrons. The van der Waals surface area contributed by atoms with Gasteiger partial charge in [-0.05, 0) is 43.7 Å². The minimum absolute atomic E-state index is 0.595. The average molecular weight is 276 g/mol. The summed E-state index contributed by atoms with van der Waals surface area (Å²) in [6, 6.07) is 2.59. The van der Waals surface area contributed by atoms with Crippen molar-refractivity contribution in [2.45, 2.75) is 39.3 Å². The molecule has 1 aliphatic heterocycles. The molecule has 19 heavy (non-hydrogen) atoms. The summed E-state index contributed by atoms with van der Waals surface area (Å²) in [4.78, 5) is 12.6. The number of likely N-dealkylation sites (tertiary alicyclic amines) is 1. The fourth-order valence-electron chi connectivity index (χ4n) is 2.82. The van der Waals surface area contributed by atoms with Crippen molar-refractivity contribution in [1.82, 2.24) is 14.9 Å². The predicted molar refractivity (Wildman–Crippen MR) is 80.1 cm³/mol. The first kappa shape index (κ1) is 12.8. The van der Waals surface area contributed by atoms with E-state index in [1.165, 1.54) is 12.8 Å². The van der Waals surface area contributed by atoms with E-state index in [-0.39, 0.29) is 0 Å². The number of nitrogens with zero attached hydrogens (tertiary/aromatic N) is 3. The van der Waals surface area contributed by atoms with Gasteiger partial charge in [0.25, 0.3) is 0 Å². The third kappa shape index (κ3) is 2.44. The molecule has 2 aromatic rings. The number of nitrogen functional groups attached to an aromatic ring is 1. The fraction of sp³-hybridized carbons (Fsp3) is 0.571. The van der Waals surface area contributed by atoms with E-state index < -0.39 is 0 Å². The quantitative estimate of drug-likeness (QED) is 0.916. The van der Waals surface area contributed by atoms with Gasteiger partial charge in [0.05, 0.1) is 11.9 Å². The Morgan fingerprint density at radius 1 is 1.42 bits per heavy atom. The van der Waals surface area contributed by atoms with Crippen LogP contribution in [-0.2, 0) is 6.54 Å². The predicted octanol–water partition coefficient (Wildman–Crippen LogP) is 2.89. The van der Waals surface area contributed by atoms with Gasteiger partial charge >= 0.3 is 0 Å². The molecule has 2 aromatic heterocycles. The molecule has 4 nitrogen and oxygen atoms in total. The monoisotopic (exact) mass is 276 g/mol. The van der Waals surface area contributed by atoms with Crippen molar-refractivity contribution in [1.29, 1.82) is 0 Å². The summed E-state index contributed by atoms with van der Waals surface area (Å²) in [6.45, 7) is 6.58. The first-order valence-corrected chi connectivity index (χ1v) is 7.77. The Balaban J connectivity index is 1.84. The Bertz CT molecular complexity index is 580. The smallest absolute Gasteiger partial charge is 0.146 e. The number of nitrogens with two attached hydrogens (primary N) is 1. The molecular formula is C14H20N4S. The second-order valence-electron chi connectivity index (χ2n) is 5.50. The van der Waals surface area contributed by atoms with Crippen LogP contribution < -0.4 is 5.73 Å². The molecule has 0 radical (unpaired) electrons. The van der Waals surface area contributed by atoms with Crippen LogP contribution in [0.4, 0.5) is 5.82 Å². The van der Waals surface area contributed by atoms with Gasteiger partial charge in [-0.1, -0.05) is 6.92 Å². The second-order valence-corrected chi connectivity index (χ2v) is 6.39. The third-order valence-electron chi connectivity index (χ3n) is 4.25. The van der Waals surface area contributed by atoms with Crippen molar-refractivity contribution in [3.05, 3.63) is 17.3 Å². The normalized spacial score (nSPS) is 24.9. The van der Waals surface area contributed by atoms with E-state index in [4.69, 9.17) is 5.73 Å². The molecule has 0 spiro atoms. The highest BCUT2D eigenvalue weighted by atomic mass is 32.1. The standard InChI is InChI=1S/C14H20N4S/c1-9-4-3-6-18(10(9)2)8-12-16-13(15)11-5-7-19-14(11)17-12/h5,7,9-10H,3-4,6,8H2,1-2H3,(H2,15,16,17). The molecule has 0 saturated carbocycles. The highest BCUT2D eigenvalue weighted by molar-refractivity contribution is 7.16. The van der Waals surface area contributed by atoms with Crippen LogP contribution in [0.15, 0.2) is 11.4 Å². The van der Waals surface area contributed by atoms with Gasteiger partial charge < -0.3 is 5.73 Å². The van der Waals surface area contributed by atoms with Crippen LogP contribution in [0.1, 0.15) is 32.5 Å². The van der Waals surface area contributed by atoms with Gasteiger partial charge in [0.2, 0.25) is 0 Å². The van der Waals surface area contributed by atoms with Crippen LogP contribution in [-0.4, -0.2) is 27.5 Å². The lowest BCUT2D eigenvalue weighted by Gasteiger charge is -2.37. The lowest BCUT2D eigenvalue weighted by Crippen LogP contribution is -2.42. The summed E-state index contributed by atoms with van der Waals surface area (Å²) in [5, 5.41) is 3.00. The molecule has 0 amide bonds. The number of rotatable bonds is 2. The highest BCUT2D eigenvalue weighted by Gasteiger charge is 2.25. The lowest BCUT2D eigenvalue weighted by atomic mass is 9.92. The van der Waals surface area contributed by atoms with Crippen molar-refractivity contribution >= 4 is 27.4 Å². The minimum atomic E-state index is 0.595. The van der Waals surface area contributed by atoms with Gasteiger partial charge in [-0.15, -0.1) is 11.3 Å². The van der Waals surface area contributed by atoms with Crippen LogP contribution in [0.2, 0.25) is 0 Å². The van der Waals surface area contributed by atoms with Crippen LogP contribution >= 0.6 is 11.3 Å². The fourth-order valence-corrected chi connectivity index (χ4v) is 3.61. The van der Waals surface area contributed by atoms with Crippen LogP contribution in [0, 0.1) is 5.92 Å². The Labute approximate surface area is 117 Å². The van der Waals surface area contributed by atoms with Crippen LogP contribution in [0.25, 0.3) is 10.2 Å². The summed E-state index contributed by atoms with van der Waals surface area (Å²) in [5.74, 6) is 2.21. The molecule has 3 heterocycles. The molecule has 1 fully saturated rings. The van der Waals surface area contributed by atoms with E-state index in [0.717, 1.165) is 35.0 Å². The molecule has 3 rings (SSSR count). The molecule has 1 saturated heterocycles. The second kappa shape index (κ2) is 5.06. The maximum Gasteiger partial charge on any atom is 0.146 e. The summed E-state index contributed by atoms with van der Waals surface area (Å²) in [5.41, 5.74) is 6.01. The maximum atomic E-state index is 6.01. The van der Waals surface area contributed by atoms with Gasteiger partial charge in [-0.2, -0.15) is 0 Å². The first-order valence-electron chi connectivity index (χ1n) is 6.89. The third-order valence-corrected chi connectivity index (χ3v) is 5.06. The largest absolute Gasteiger partial charge is 0.383 e. The number of hydrogen-bond donors (Lipinski definition) is 1. The van der Waals surface area contributed by atoms with Crippen LogP contribution in [0.5, 0.6) is 0 Å². The maximum absolute atomic E-state index is 6.01. The van der Waals surface area contributed by atoms with Crippen molar-refractivity contribution in [2.24, 2.45) is 5.92 Å². The zero-order chi connectivity index (χ0) is 13.4. The molecule has 5 heteroatoms. The molecule has 1 aliphatic rings. The molecule has 0 bridgehead atoms. The Morgan fingerprint density at radius 3 is 3.11 bits per heavy atom. The number of anilines is 1. The van der Waals surface area contributed by atoms with Crippen molar-refractivity contribution in [2.75, 3.05) is 12.3 Å².